The number of oxazole rings is 3. The summed E-state index contributed by atoms with van der Waals surface area (Å²) in [5.41, 5.74) is 0.326. The monoisotopic (exact) mass is 1630 g/mol. The molecular formula is C77H115Cl3N6O17S4. The van der Waals surface area contributed by atoms with Crippen molar-refractivity contribution in [1.82, 2.24) is 29.7 Å². The number of likely N-dealkylation sites (tertiary alicyclic amines) is 3. The van der Waals surface area contributed by atoms with E-state index in [0.717, 1.165) is 73.6 Å². The van der Waals surface area contributed by atoms with Crippen LogP contribution in [0.5, 0.6) is 0 Å². The second-order valence-corrected chi connectivity index (χ2v) is 43.4. The van der Waals surface area contributed by atoms with Gasteiger partial charge in [0.2, 0.25) is 17.7 Å². The third-order valence-electron chi connectivity index (χ3n) is 18.3. The van der Waals surface area contributed by atoms with E-state index in [1.807, 2.05) is 74.4 Å². The maximum Gasteiger partial charge on any atom is 0.410 e. The summed E-state index contributed by atoms with van der Waals surface area (Å²) in [7, 11) is -10.9. The van der Waals surface area contributed by atoms with Gasteiger partial charge in [0.25, 0.3) is 10.1 Å². The predicted octanol–water partition coefficient (Wildman–Crippen LogP) is 19.2. The summed E-state index contributed by atoms with van der Waals surface area (Å²) >= 11 is 21.0. The number of thioether (sulfide) groups is 1. The Morgan fingerprint density at radius 1 is 0.486 bits per heavy atom. The Hall–Kier alpha value is -5.13. The lowest BCUT2D eigenvalue weighted by Gasteiger charge is -2.39. The lowest BCUT2D eigenvalue weighted by atomic mass is 9.97. The number of piperidine rings is 3. The van der Waals surface area contributed by atoms with Crippen LogP contribution in [0.3, 0.4) is 0 Å². The van der Waals surface area contributed by atoms with Crippen LogP contribution in [-0.2, 0) is 64.4 Å². The molecule has 6 aromatic rings. The highest BCUT2D eigenvalue weighted by atomic mass is 35.5. The number of aliphatic hydroxyl groups excluding tert-OH is 1. The predicted molar refractivity (Wildman–Crippen MR) is 422 cm³/mol. The standard InChI is InChI=1S/C22H31ClN2O5S.C21H29ClN2O5S.C21H29ClN2O3S.C7H14O3S.C6H12O/c1-20(2,3)18-24-15-9-8-14(23)17(16(15)29-18)31(27,28)22(7)10-12-25(13-11-22)19(26)30-21(4,5)6;1-20(2,3)18-23-15-8-7-14(22)17(16(15)28-18)30(26,27)13-9-11-24(12-10-13)19(25)29-21(4,5)6;1-20(2,3)18-23-15-8-7-14(22)17(16(15)26-18)28-13-9-11-24(12-10-13)19(25)27-21(4,5)6;1-11(8,9)10-7-5-3-2-4-6-7;7-6-4-2-1-3-5-6/h8-9H,10-13H2,1-7H3;7-8,13H,9-12H2,1-6H3;7-8,13H,9-12H2,1-6H3;7H,2-6H2,1H3;6-7H,1-5H2. The van der Waals surface area contributed by atoms with Gasteiger partial charge in [-0.2, -0.15) is 8.42 Å². The molecule has 0 atom stereocenters. The molecule has 6 heterocycles. The summed E-state index contributed by atoms with van der Waals surface area (Å²) in [5, 5.41) is 9.52. The van der Waals surface area contributed by atoms with Gasteiger partial charge in [-0.1, -0.05) is 136 Å². The Morgan fingerprint density at radius 2 is 0.832 bits per heavy atom. The minimum absolute atomic E-state index is 0.0135. The van der Waals surface area contributed by atoms with Crippen LogP contribution < -0.4 is 0 Å². The zero-order chi connectivity index (χ0) is 80.0. The van der Waals surface area contributed by atoms with E-state index >= 15 is 0 Å². The Balaban J connectivity index is 0.000000200. The van der Waals surface area contributed by atoms with E-state index in [1.165, 1.54) is 25.7 Å². The number of ether oxygens (including phenoxy) is 3. The normalized spacial score (nSPS) is 18.1. The van der Waals surface area contributed by atoms with Crippen LogP contribution in [0.2, 0.25) is 15.1 Å². The number of sulfone groups is 2. The third kappa shape index (κ3) is 24.9. The molecule has 30 heteroatoms. The van der Waals surface area contributed by atoms with Crippen molar-refractivity contribution in [3.8, 4) is 0 Å². The summed E-state index contributed by atoms with van der Waals surface area (Å²) in [6, 6.07) is 10.2. The zero-order valence-electron chi connectivity index (χ0n) is 66.3. The van der Waals surface area contributed by atoms with E-state index in [9.17, 15) is 39.6 Å². The van der Waals surface area contributed by atoms with Crippen molar-refractivity contribution in [2.75, 3.05) is 45.5 Å². The number of rotatable bonds is 8. The van der Waals surface area contributed by atoms with Gasteiger partial charge in [0.05, 0.1) is 48.4 Å². The molecule has 600 valence electrons. The first-order chi connectivity index (χ1) is 49.2. The summed E-state index contributed by atoms with van der Waals surface area (Å²) in [6.45, 7) is 38.6. The number of benzene rings is 3. The molecule has 2 saturated carbocycles. The van der Waals surface area contributed by atoms with E-state index < -0.39 is 68.8 Å². The van der Waals surface area contributed by atoms with Crippen molar-refractivity contribution < 1.29 is 76.4 Å². The van der Waals surface area contributed by atoms with Crippen LogP contribution in [0.15, 0.2) is 64.3 Å². The second kappa shape index (κ2) is 35.3. The molecule has 23 nitrogen and oxygen atoms in total. The molecule has 3 saturated heterocycles. The molecule has 0 bridgehead atoms. The quantitative estimate of drug-likeness (QED) is 0.109. The van der Waals surface area contributed by atoms with Gasteiger partial charge >= 0.3 is 18.3 Å². The highest BCUT2D eigenvalue weighted by molar-refractivity contribution is 8.00. The molecule has 0 spiro atoms. The molecule has 1 N–H and O–H groups in total. The van der Waals surface area contributed by atoms with E-state index in [2.05, 4.69) is 35.7 Å². The number of nitrogens with zero attached hydrogens (tertiary/aromatic N) is 6. The lowest BCUT2D eigenvalue weighted by molar-refractivity contribution is 0.0192. The third-order valence-corrected chi connectivity index (χ3v) is 26.7. The highest BCUT2D eigenvalue weighted by Crippen LogP contribution is 2.45. The van der Waals surface area contributed by atoms with Crippen LogP contribution in [0.25, 0.3) is 33.3 Å². The molecule has 107 heavy (non-hydrogen) atoms. The van der Waals surface area contributed by atoms with E-state index in [4.69, 9.17) is 71.6 Å². The number of hydrogen-bond donors (Lipinski definition) is 1. The molecular weight excluding hydrogens is 1520 g/mol. The van der Waals surface area contributed by atoms with Crippen LogP contribution >= 0.6 is 46.6 Å². The van der Waals surface area contributed by atoms with Crippen LogP contribution in [0, 0.1) is 0 Å². The summed E-state index contributed by atoms with van der Waals surface area (Å²) in [6.07, 6.45) is 14.0. The Labute approximate surface area is 653 Å². The van der Waals surface area contributed by atoms with Crippen LogP contribution in [0.4, 0.5) is 14.4 Å². The fourth-order valence-corrected chi connectivity index (χ4v) is 19.3. The minimum atomic E-state index is -3.88. The van der Waals surface area contributed by atoms with Gasteiger partial charge in [-0.05, 0) is 170 Å². The van der Waals surface area contributed by atoms with Gasteiger partial charge in [0, 0.05) is 60.8 Å². The number of amides is 3. The lowest BCUT2D eigenvalue weighted by Crippen LogP contribution is -2.50. The minimum Gasteiger partial charge on any atom is -0.444 e. The van der Waals surface area contributed by atoms with Crippen molar-refractivity contribution in [2.45, 2.75) is 309 Å². The largest absolute Gasteiger partial charge is 0.444 e. The number of carbonyl (C=O) groups is 3. The summed E-state index contributed by atoms with van der Waals surface area (Å²) < 4.78 is 114. The van der Waals surface area contributed by atoms with E-state index in [1.54, 1.807) is 99.2 Å². The number of hydrogen-bond acceptors (Lipinski definition) is 21. The maximum absolute atomic E-state index is 13.8. The number of aromatic nitrogens is 3. The molecule has 3 aliphatic heterocycles. The fourth-order valence-electron chi connectivity index (χ4n) is 12.4. The van der Waals surface area contributed by atoms with Crippen molar-refractivity contribution >= 4 is 128 Å². The van der Waals surface area contributed by atoms with Gasteiger partial charge < -0.3 is 47.3 Å². The maximum atomic E-state index is 13.8. The molecule has 3 aromatic heterocycles. The Kier molecular flexibility index (Phi) is 29.4. The van der Waals surface area contributed by atoms with Gasteiger partial charge in [-0.15, -0.1) is 11.8 Å². The highest BCUT2D eigenvalue weighted by Gasteiger charge is 2.47. The molecule has 5 fully saturated rings. The summed E-state index contributed by atoms with van der Waals surface area (Å²) in [5.74, 6) is 1.62. The number of fused-ring (bicyclic) bond motifs is 3. The van der Waals surface area contributed by atoms with Crippen molar-refractivity contribution in [3.05, 3.63) is 69.1 Å². The molecule has 0 unspecified atom stereocenters. The average molecular weight is 1630 g/mol. The molecule has 11 rings (SSSR count). The Morgan fingerprint density at radius 3 is 1.21 bits per heavy atom. The van der Waals surface area contributed by atoms with Gasteiger partial charge in [0.15, 0.2) is 36.4 Å². The smallest absolute Gasteiger partial charge is 0.410 e. The Bertz CT molecular complexity index is 4390. The van der Waals surface area contributed by atoms with Crippen LogP contribution in [-0.4, -0.2) is 168 Å². The van der Waals surface area contributed by atoms with E-state index in [-0.39, 0.29) is 91.5 Å². The van der Waals surface area contributed by atoms with Crippen LogP contribution in [0.1, 0.15) is 252 Å². The molecule has 2 aliphatic carbocycles. The molecule has 3 aromatic carbocycles. The fraction of sp³-hybridized carbons (Fsp3) is 0.688. The van der Waals surface area contributed by atoms with Crippen molar-refractivity contribution in [3.63, 3.8) is 0 Å². The number of carbonyl (C=O) groups excluding carboxylic acids is 3. The van der Waals surface area contributed by atoms with Crippen molar-refractivity contribution in [1.29, 1.82) is 0 Å². The first-order valence-electron chi connectivity index (χ1n) is 37.1. The molecule has 0 radical (unpaired) electrons. The average Bonchev–Trinajstić information content (AvgIpc) is 1.72. The SMILES string of the molecule is CC(C)(C)OC(=O)N1CCC(C)(S(=O)(=O)c2c(Cl)ccc3nc(C(C)(C)C)oc23)CC1.CC(C)(C)OC(=O)N1CCC(S(=O)(=O)c2c(Cl)ccc3nc(C(C)(C)C)oc23)CC1.CC(C)(C)OC(=O)N1CCC(Sc2c(Cl)ccc3nc(C(C)(C)C)oc23)CC1.CS(=O)(=O)OC1CCCCC1.OC1CCCCC1. The first-order valence-corrected chi connectivity index (χ1v) is 44.0. The first kappa shape index (κ1) is 89.1. The number of aliphatic hydroxyl groups is 1. The van der Waals surface area contributed by atoms with Gasteiger partial charge in [-0.25, -0.2) is 46.2 Å². The molecule has 3 amide bonds. The van der Waals surface area contributed by atoms with Crippen molar-refractivity contribution in [2.24, 2.45) is 0 Å². The molecule has 5 aliphatic rings. The topological polar surface area (TPSA) is 299 Å². The van der Waals surface area contributed by atoms with E-state index in [0.29, 0.717) is 78.0 Å². The van der Waals surface area contributed by atoms with Gasteiger partial charge in [0.1, 0.15) is 43.1 Å². The number of halogens is 3. The zero-order valence-corrected chi connectivity index (χ0v) is 71.8. The van der Waals surface area contributed by atoms with Gasteiger partial charge in [-0.3, -0.25) is 4.18 Å². The summed E-state index contributed by atoms with van der Waals surface area (Å²) in [4.78, 5) is 56.3. The second-order valence-electron chi connectivity index (χ2n) is 34.8.